The highest BCUT2D eigenvalue weighted by Crippen LogP contribution is 2.50. The van der Waals surface area contributed by atoms with Crippen molar-refractivity contribution in [2.24, 2.45) is 15.0 Å². The average molecular weight is 512 g/mol. The molecule has 0 radical (unpaired) electrons. The zero-order chi connectivity index (χ0) is 25.9. The maximum atomic E-state index is 5.53. The largest absolute Gasteiger partial charge is 0.277 e. The molecule has 0 saturated carbocycles. The number of aromatic nitrogens is 2. The molecule has 0 bridgehead atoms. The monoisotopic (exact) mass is 511 g/mol. The van der Waals surface area contributed by atoms with Gasteiger partial charge in [0.25, 0.3) is 17.5 Å². The van der Waals surface area contributed by atoms with Crippen LogP contribution in [0.5, 0.6) is 0 Å². The summed E-state index contributed by atoms with van der Waals surface area (Å²) < 4.78 is 7.04. The third-order valence-corrected chi connectivity index (χ3v) is 9.37. The molecule has 1 unspecified atom stereocenters. The maximum absolute atomic E-state index is 5.53. The minimum Gasteiger partial charge on any atom is -0.240 e. The van der Waals surface area contributed by atoms with Gasteiger partial charge in [-0.15, -0.1) is 0 Å². The van der Waals surface area contributed by atoms with Crippen LogP contribution in [0.25, 0.3) is 43.1 Å². The van der Waals surface area contributed by atoms with E-state index in [-0.39, 0.29) is 0 Å². The summed E-state index contributed by atoms with van der Waals surface area (Å²) in [7, 11) is 0. The normalized spacial score (nSPS) is 19.2. The van der Waals surface area contributed by atoms with Crippen molar-refractivity contribution in [1.82, 2.24) is 9.13 Å². The Bertz CT molecular complexity index is 2610. The first-order chi connectivity index (χ1) is 19.7. The average Bonchev–Trinajstić information content (AvgIpc) is 3.63. The number of hydrogen-bond acceptors (Lipinski definition) is 3. The molecule has 0 N–H and O–H groups in total. The van der Waals surface area contributed by atoms with Crippen molar-refractivity contribution in [2.75, 3.05) is 0 Å². The molecule has 4 aliphatic heterocycles. The highest BCUT2D eigenvalue weighted by Gasteiger charge is 2.57. The lowest BCUT2D eigenvalue weighted by Gasteiger charge is -2.38. The van der Waals surface area contributed by atoms with Crippen molar-refractivity contribution in [3.63, 3.8) is 0 Å². The molecule has 40 heavy (non-hydrogen) atoms. The quantitative estimate of drug-likeness (QED) is 0.230. The molecule has 0 fully saturated rings. The van der Waals surface area contributed by atoms with Gasteiger partial charge in [0.2, 0.25) is 11.3 Å². The first-order valence-corrected chi connectivity index (χ1v) is 13.7. The lowest BCUT2D eigenvalue weighted by atomic mass is 10.0. The van der Waals surface area contributed by atoms with Crippen LogP contribution in [0.4, 0.5) is 11.6 Å². The first-order valence-electron chi connectivity index (χ1n) is 13.7. The Morgan fingerprint density at radius 2 is 1.23 bits per heavy atom. The molecule has 2 aromatic heterocycles. The van der Waals surface area contributed by atoms with Crippen molar-refractivity contribution in [3.05, 3.63) is 119 Å². The Kier molecular flexibility index (Phi) is 3.00. The molecular formula is C34H19N6+. The standard InChI is InChI=1S/C34H19N6/c1-34-38-28-22-12-6-7-13-23(22)29(38)36-31-25-17-15-19-9-3-5-11-21(19)27(25)33(40(31)34)37-32-26-20-10-4-2-8-18(20)14-16-24(26)30(35-28)39(32)34/h2-17H,1H3/q+1. The molecule has 5 aromatic carbocycles. The first kappa shape index (κ1) is 19.7. The predicted octanol–water partition coefficient (Wildman–Crippen LogP) is 5.84. The maximum Gasteiger partial charge on any atom is 0.277 e. The summed E-state index contributed by atoms with van der Waals surface area (Å²) in [6, 6.07) is 34.6. The third-order valence-electron chi connectivity index (χ3n) is 9.37. The van der Waals surface area contributed by atoms with Crippen LogP contribution in [-0.4, -0.2) is 25.4 Å². The number of aliphatic imine (C=N–C) groups is 1. The molecule has 6 nitrogen and oxygen atoms in total. The van der Waals surface area contributed by atoms with Crippen molar-refractivity contribution in [2.45, 2.75) is 12.7 Å². The van der Waals surface area contributed by atoms with E-state index in [0.717, 1.165) is 67.0 Å². The summed E-state index contributed by atoms with van der Waals surface area (Å²) in [5.74, 6) is 3.15. The molecule has 0 aliphatic carbocycles. The third kappa shape index (κ3) is 1.89. The Morgan fingerprint density at radius 1 is 0.550 bits per heavy atom. The van der Waals surface area contributed by atoms with Gasteiger partial charge in [-0.1, -0.05) is 82.8 Å². The fourth-order valence-electron chi connectivity index (χ4n) is 7.73. The second-order valence-electron chi connectivity index (χ2n) is 11.2. The summed E-state index contributed by atoms with van der Waals surface area (Å²) in [4.78, 5) is 16.3. The smallest absolute Gasteiger partial charge is 0.240 e. The summed E-state index contributed by atoms with van der Waals surface area (Å²) in [5, 5.41) is 9.36. The number of benzene rings is 5. The van der Waals surface area contributed by atoms with E-state index >= 15 is 0 Å². The van der Waals surface area contributed by atoms with E-state index in [1.807, 2.05) is 0 Å². The SMILES string of the molecule is CC12n3c4c5ccc6ccccc6c5c3N=c3c5c(ccc6ccccc65)c(n31)=NC1=[N+]2C(=N4)c2ccccc21. The number of fused-ring (bicyclic) bond motifs is 13. The van der Waals surface area contributed by atoms with Crippen molar-refractivity contribution >= 4 is 66.4 Å². The Balaban J connectivity index is 1.49. The van der Waals surface area contributed by atoms with E-state index in [1.165, 1.54) is 21.5 Å². The molecule has 6 heterocycles. The molecule has 7 aromatic rings. The van der Waals surface area contributed by atoms with Gasteiger partial charge in [-0.3, -0.25) is 0 Å². The van der Waals surface area contributed by atoms with E-state index in [1.54, 1.807) is 0 Å². The minimum absolute atomic E-state index is 0.648. The Hall–Kier alpha value is -5.36. The molecule has 0 spiro atoms. The number of hydrogen-bond donors (Lipinski definition) is 0. The Morgan fingerprint density at radius 3 is 2.02 bits per heavy atom. The molecule has 1 atom stereocenters. The highest BCUT2D eigenvalue weighted by molar-refractivity contribution is 6.20. The van der Waals surface area contributed by atoms with E-state index in [9.17, 15) is 0 Å². The zero-order valence-corrected chi connectivity index (χ0v) is 21.4. The van der Waals surface area contributed by atoms with Crippen LogP contribution in [0, 0.1) is 0 Å². The lowest BCUT2D eigenvalue weighted by molar-refractivity contribution is -0.550. The molecule has 6 heteroatoms. The zero-order valence-electron chi connectivity index (χ0n) is 21.4. The lowest BCUT2D eigenvalue weighted by Crippen LogP contribution is -2.62. The van der Waals surface area contributed by atoms with Gasteiger partial charge in [0.1, 0.15) is 0 Å². The van der Waals surface area contributed by atoms with Crippen LogP contribution >= 0.6 is 0 Å². The highest BCUT2D eigenvalue weighted by atomic mass is 15.6. The summed E-state index contributed by atoms with van der Waals surface area (Å²) in [6.07, 6.45) is 0. The van der Waals surface area contributed by atoms with Crippen LogP contribution in [0.1, 0.15) is 18.1 Å². The van der Waals surface area contributed by atoms with E-state index in [4.69, 9.17) is 15.0 Å². The van der Waals surface area contributed by atoms with Crippen LogP contribution in [0.2, 0.25) is 0 Å². The van der Waals surface area contributed by atoms with Crippen LogP contribution in [0.3, 0.4) is 0 Å². The van der Waals surface area contributed by atoms with Crippen molar-refractivity contribution in [3.8, 4) is 0 Å². The molecule has 0 saturated heterocycles. The van der Waals surface area contributed by atoms with Gasteiger partial charge in [0.05, 0.1) is 11.1 Å². The topological polar surface area (TPSA) is 49.9 Å². The molecular weight excluding hydrogens is 492 g/mol. The van der Waals surface area contributed by atoms with Gasteiger partial charge in [-0.05, 0) is 45.8 Å². The summed E-state index contributed by atoms with van der Waals surface area (Å²) in [6.45, 7) is 2.30. The van der Waals surface area contributed by atoms with Crippen LogP contribution < -0.4 is 11.0 Å². The van der Waals surface area contributed by atoms with E-state index < -0.39 is 5.79 Å². The minimum atomic E-state index is -0.648. The summed E-state index contributed by atoms with van der Waals surface area (Å²) in [5.41, 5.74) is 4.14. The van der Waals surface area contributed by atoms with Crippen molar-refractivity contribution in [1.29, 1.82) is 0 Å². The second kappa shape index (κ2) is 6.10. The van der Waals surface area contributed by atoms with E-state index in [0.29, 0.717) is 0 Å². The van der Waals surface area contributed by atoms with Gasteiger partial charge in [-0.25, -0.2) is 14.1 Å². The van der Waals surface area contributed by atoms with Crippen LogP contribution in [-0.2, 0) is 5.79 Å². The van der Waals surface area contributed by atoms with Gasteiger partial charge in [0, 0.05) is 28.5 Å². The number of rotatable bonds is 0. The Labute approximate surface area is 226 Å². The molecule has 184 valence electrons. The fourth-order valence-corrected chi connectivity index (χ4v) is 7.73. The van der Waals surface area contributed by atoms with Crippen molar-refractivity contribution < 1.29 is 4.58 Å². The molecule has 0 amide bonds. The van der Waals surface area contributed by atoms with Gasteiger partial charge >= 0.3 is 0 Å². The van der Waals surface area contributed by atoms with Gasteiger partial charge in [0.15, 0.2) is 11.3 Å². The fraction of sp³-hybridized carbons (Fsp3) is 0.0588. The van der Waals surface area contributed by atoms with Gasteiger partial charge < -0.3 is 0 Å². The second-order valence-corrected chi connectivity index (χ2v) is 11.2. The predicted molar refractivity (Wildman–Crippen MR) is 157 cm³/mol. The number of amidine groups is 2. The van der Waals surface area contributed by atoms with Crippen LogP contribution in [0.15, 0.2) is 112 Å². The van der Waals surface area contributed by atoms with Gasteiger partial charge in [-0.2, -0.15) is 4.58 Å². The molecule has 4 aliphatic rings. The number of nitrogens with zero attached hydrogens (tertiary/aromatic N) is 6. The van der Waals surface area contributed by atoms with E-state index in [2.05, 4.69) is 118 Å². The molecule has 11 rings (SSSR count). The summed E-state index contributed by atoms with van der Waals surface area (Å²) >= 11 is 0.